The highest BCUT2D eigenvalue weighted by molar-refractivity contribution is 6.05. The van der Waals surface area contributed by atoms with Gasteiger partial charge in [-0.15, -0.1) is 0 Å². The molecule has 4 nitrogen and oxygen atoms in total. The van der Waals surface area contributed by atoms with Crippen molar-refractivity contribution in [1.29, 1.82) is 0 Å². The monoisotopic (exact) mass is 234 g/mol. The Labute approximate surface area is 99.2 Å². The molecule has 1 aromatic rings. The zero-order valence-corrected chi connectivity index (χ0v) is 9.51. The summed E-state index contributed by atoms with van der Waals surface area (Å²) in [7, 11) is 0. The second kappa shape index (κ2) is 5.96. The summed E-state index contributed by atoms with van der Waals surface area (Å²) in [5.74, 6) is -0.433. The van der Waals surface area contributed by atoms with Gasteiger partial charge in [0.1, 0.15) is 11.5 Å². The Morgan fingerprint density at radius 2 is 2.06 bits per heavy atom. The van der Waals surface area contributed by atoms with Crippen LogP contribution in [-0.2, 0) is 16.2 Å². The minimum Gasteiger partial charge on any atom is -0.508 e. The molecule has 4 heteroatoms. The Morgan fingerprint density at radius 3 is 2.65 bits per heavy atom. The molecule has 0 bridgehead atoms. The van der Waals surface area contributed by atoms with Gasteiger partial charge in [-0.1, -0.05) is 12.1 Å². The van der Waals surface area contributed by atoms with Crippen LogP contribution in [0.2, 0.25) is 0 Å². The maximum absolute atomic E-state index is 11.2. The van der Waals surface area contributed by atoms with E-state index in [1.54, 1.807) is 18.2 Å². The van der Waals surface area contributed by atoms with E-state index >= 15 is 0 Å². The first-order valence-corrected chi connectivity index (χ1v) is 5.16. The lowest BCUT2D eigenvalue weighted by molar-refractivity contribution is -0.123. The summed E-state index contributed by atoms with van der Waals surface area (Å²) in [5.41, 5.74) is 1.08. The Hall–Kier alpha value is -1.94. The summed E-state index contributed by atoms with van der Waals surface area (Å²) in [5, 5.41) is 18.3. The first-order valence-electron chi connectivity index (χ1n) is 5.16. The molecule has 0 aromatic heterocycles. The van der Waals surface area contributed by atoms with E-state index in [1.807, 2.05) is 0 Å². The molecule has 0 unspecified atom stereocenters. The van der Waals surface area contributed by atoms with Gasteiger partial charge in [-0.3, -0.25) is 9.59 Å². The average molecular weight is 234 g/mol. The molecule has 0 amide bonds. The van der Waals surface area contributed by atoms with Gasteiger partial charge >= 0.3 is 0 Å². The van der Waals surface area contributed by atoms with Crippen molar-refractivity contribution >= 4 is 17.6 Å². The maximum Gasteiger partial charge on any atom is 0.163 e. The van der Waals surface area contributed by atoms with Gasteiger partial charge in [-0.2, -0.15) is 0 Å². The molecule has 1 rings (SSSR count). The molecule has 0 atom stereocenters. The minimum absolute atomic E-state index is 0.0136. The minimum atomic E-state index is -0.269. The third kappa shape index (κ3) is 4.20. The van der Waals surface area contributed by atoms with Crippen molar-refractivity contribution in [1.82, 2.24) is 0 Å². The van der Waals surface area contributed by atoms with Gasteiger partial charge < -0.3 is 10.2 Å². The van der Waals surface area contributed by atoms with E-state index in [1.165, 1.54) is 19.1 Å². The molecule has 0 fully saturated rings. The first-order chi connectivity index (χ1) is 8.02. The predicted octanol–water partition coefficient (Wildman–Crippen LogP) is 1.45. The van der Waals surface area contributed by atoms with E-state index in [2.05, 4.69) is 0 Å². The first kappa shape index (κ1) is 13.1. The smallest absolute Gasteiger partial charge is 0.163 e. The van der Waals surface area contributed by atoms with E-state index in [4.69, 9.17) is 5.11 Å². The molecule has 1 aromatic carbocycles. The Balaban J connectivity index is 2.78. The van der Waals surface area contributed by atoms with Gasteiger partial charge in [0.05, 0.1) is 13.0 Å². The zero-order chi connectivity index (χ0) is 12.8. The summed E-state index contributed by atoms with van der Waals surface area (Å²) < 4.78 is 0. The van der Waals surface area contributed by atoms with Crippen LogP contribution in [0, 0.1) is 0 Å². The van der Waals surface area contributed by atoms with Crippen LogP contribution in [0.1, 0.15) is 24.5 Å². The number of Topliss-reactive ketones (excluding diaryl/α,β-unsaturated/α-hetero) is 1. The maximum atomic E-state index is 11.2. The van der Waals surface area contributed by atoms with Crippen LogP contribution in [0.25, 0.3) is 6.08 Å². The van der Waals surface area contributed by atoms with Crippen molar-refractivity contribution in [3.63, 3.8) is 0 Å². The molecular formula is C13H14O4. The van der Waals surface area contributed by atoms with Gasteiger partial charge in [0.15, 0.2) is 5.78 Å². The number of aliphatic hydroxyl groups excluding tert-OH is 1. The highest BCUT2D eigenvalue weighted by Gasteiger charge is 2.02. The van der Waals surface area contributed by atoms with E-state index in [0.29, 0.717) is 11.1 Å². The lowest BCUT2D eigenvalue weighted by Gasteiger charge is -2.01. The molecular weight excluding hydrogens is 220 g/mol. The second-order valence-corrected chi connectivity index (χ2v) is 3.72. The number of aromatic hydroxyl groups is 1. The summed E-state index contributed by atoms with van der Waals surface area (Å²) in [6.45, 7) is 1.09. The summed E-state index contributed by atoms with van der Waals surface area (Å²) >= 11 is 0. The van der Waals surface area contributed by atoms with Gasteiger partial charge in [0.2, 0.25) is 0 Å². The van der Waals surface area contributed by atoms with Crippen LogP contribution in [0.3, 0.4) is 0 Å². The number of carbonyl (C=O) groups excluding carboxylic acids is 2. The second-order valence-electron chi connectivity index (χ2n) is 3.72. The van der Waals surface area contributed by atoms with E-state index in [9.17, 15) is 14.7 Å². The molecule has 0 heterocycles. The Morgan fingerprint density at radius 1 is 1.35 bits per heavy atom. The quantitative estimate of drug-likeness (QED) is 0.597. The van der Waals surface area contributed by atoms with Crippen LogP contribution in [-0.4, -0.2) is 21.8 Å². The number of carbonyl (C=O) groups is 2. The van der Waals surface area contributed by atoms with E-state index in [-0.39, 0.29) is 30.3 Å². The van der Waals surface area contributed by atoms with Gasteiger partial charge in [-0.05, 0) is 30.7 Å². The van der Waals surface area contributed by atoms with Gasteiger partial charge in [-0.25, -0.2) is 0 Å². The molecule has 0 radical (unpaired) electrons. The largest absolute Gasteiger partial charge is 0.508 e. The molecule has 0 saturated carbocycles. The number of allylic oxidation sites excluding steroid dienone is 1. The van der Waals surface area contributed by atoms with E-state index in [0.717, 1.165) is 0 Å². The van der Waals surface area contributed by atoms with Crippen molar-refractivity contribution in [3.05, 3.63) is 35.4 Å². The van der Waals surface area contributed by atoms with Gasteiger partial charge in [0.25, 0.3) is 0 Å². The number of benzene rings is 1. The summed E-state index contributed by atoms with van der Waals surface area (Å²) in [6, 6.07) is 4.64. The number of hydrogen-bond donors (Lipinski definition) is 2. The lowest BCUT2D eigenvalue weighted by atomic mass is 10.1. The lowest BCUT2D eigenvalue weighted by Crippen LogP contribution is -2.00. The van der Waals surface area contributed by atoms with Crippen molar-refractivity contribution in [2.75, 3.05) is 0 Å². The van der Waals surface area contributed by atoms with Crippen LogP contribution in [0.15, 0.2) is 24.3 Å². The third-order valence-corrected chi connectivity index (χ3v) is 2.16. The zero-order valence-electron chi connectivity index (χ0n) is 9.51. The fourth-order valence-corrected chi connectivity index (χ4v) is 1.33. The normalized spacial score (nSPS) is 10.7. The van der Waals surface area contributed by atoms with Crippen molar-refractivity contribution in [3.8, 4) is 5.75 Å². The number of phenols is 1. The summed E-state index contributed by atoms with van der Waals surface area (Å²) in [4.78, 5) is 21.9. The van der Waals surface area contributed by atoms with Crippen LogP contribution < -0.4 is 0 Å². The topological polar surface area (TPSA) is 74.6 Å². The predicted molar refractivity (Wildman–Crippen MR) is 63.4 cm³/mol. The number of rotatable bonds is 5. The standard InChI is InChI=1S/C13H14O4/c1-9(15)6-12(16)4-2-10-3-5-13(17)11(7-10)8-14/h2-5,7,14,17H,6,8H2,1H3/b4-2+. The molecule has 90 valence electrons. The molecule has 17 heavy (non-hydrogen) atoms. The van der Waals surface area contributed by atoms with Crippen LogP contribution >= 0.6 is 0 Å². The fraction of sp³-hybridized carbons (Fsp3) is 0.231. The number of ketones is 2. The average Bonchev–Trinajstić information content (AvgIpc) is 2.27. The SMILES string of the molecule is CC(=O)CC(=O)/C=C/c1ccc(O)c(CO)c1. The molecule has 0 saturated heterocycles. The van der Waals surface area contributed by atoms with Crippen molar-refractivity contribution in [2.24, 2.45) is 0 Å². The molecule has 0 aliphatic carbocycles. The van der Waals surface area contributed by atoms with Crippen LogP contribution in [0.5, 0.6) is 5.75 Å². The molecule has 0 aliphatic heterocycles. The van der Waals surface area contributed by atoms with Crippen molar-refractivity contribution < 1.29 is 19.8 Å². The van der Waals surface area contributed by atoms with Crippen molar-refractivity contribution in [2.45, 2.75) is 20.0 Å². The molecule has 0 spiro atoms. The highest BCUT2D eigenvalue weighted by atomic mass is 16.3. The van der Waals surface area contributed by atoms with E-state index < -0.39 is 0 Å². The fourth-order valence-electron chi connectivity index (χ4n) is 1.33. The van der Waals surface area contributed by atoms with Gasteiger partial charge in [0, 0.05) is 5.56 Å². The summed E-state index contributed by atoms with van der Waals surface area (Å²) in [6.07, 6.45) is 2.75. The molecule has 0 aliphatic rings. The number of aliphatic hydroxyl groups is 1. The highest BCUT2D eigenvalue weighted by Crippen LogP contribution is 2.19. The Bertz CT molecular complexity index is 460. The number of hydrogen-bond acceptors (Lipinski definition) is 4. The molecule has 2 N–H and O–H groups in total. The third-order valence-electron chi connectivity index (χ3n) is 2.16. The Kier molecular flexibility index (Phi) is 4.60. The van der Waals surface area contributed by atoms with Crippen LogP contribution in [0.4, 0.5) is 0 Å².